The van der Waals surface area contributed by atoms with E-state index in [-0.39, 0.29) is 0 Å². The summed E-state index contributed by atoms with van der Waals surface area (Å²) in [7, 11) is 0. The number of aryl methyl sites for hydroxylation is 1. The molecule has 0 bridgehead atoms. The second-order valence-corrected chi connectivity index (χ2v) is 6.04. The highest BCUT2D eigenvalue weighted by atomic mass is 79.9. The minimum Gasteiger partial charge on any atom is -0.339 e. The van der Waals surface area contributed by atoms with E-state index in [1.54, 1.807) is 0 Å². The molecule has 1 fully saturated rings. The van der Waals surface area contributed by atoms with Crippen LogP contribution in [0.2, 0.25) is 0 Å². The maximum atomic E-state index is 5.44. The molecule has 19 heavy (non-hydrogen) atoms. The van der Waals surface area contributed by atoms with Crippen molar-refractivity contribution < 1.29 is 4.52 Å². The highest BCUT2D eigenvalue weighted by Gasteiger charge is 2.29. The second-order valence-electron chi connectivity index (χ2n) is 5.18. The van der Waals surface area contributed by atoms with E-state index in [1.807, 2.05) is 6.07 Å². The van der Waals surface area contributed by atoms with E-state index < -0.39 is 0 Å². The molecule has 100 valence electrons. The molecule has 0 amide bonds. The molecule has 1 aromatic heterocycles. The third-order valence-corrected chi connectivity index (χ3v) is 4.30. The van der Waals surface area contributed by atoms with Gasteiger partial charge in [-0.2, -0.15) is 4.98 Å². The Labute approximate surface area is 120 Å². The summed E-state index contributed by atoms with van der Waals surface area (Å²) in [5.41, 5.74) is 2.17. The van der Waals surface area contributed by atoms with Crippen molar-refractivity contribution in [3.8, 4) is 11.4 Å². The predicted molar refractivity (Wildman–Crippen MR) is 76.9 cm³/mol. The van der Waals surface area contributed by atoms with Gasteiger partial charge < -0.3 is 9.84 Å². The molecule has 5 heteroatoms. The van der Waals surface area contributed by atoms with Gasteiger partial charge in [-0.05, 0) is 37.1 Å². The third kappa shape index (κ3) is 2.44. The van der Waals surface area contributed by atoms with Gasteiger partial charge in [-0.25, -0.2) is 0 Å². The van der Waals surface area contributed by atoms with E-state index in [1.165, 1.54) is 5.56 Å². The number of halogens is 1. The number of benzene rings is 1. The largest absolute Gasteiger partial charge is 0.339 e. The Balaban J connectivity index is 1.92. The Kier molecular flexibility index (Phi) is 3.41. The fourth-order valence-corrected chi connectivity index (χ4v) is 3.11. The minimum atomic E-state index is 0.325. The van der Waals surface area contributed by atoms with E-state index in [2.05, 4.69) is 57.4 Å². The van der Waals surface area contributed by atoms with Gasteiger partial charge >= 0.3 is 0 Å². The van der Waals surface area contributed by atoms with Gasteiger partial charge in [0.25, 0.3) is 0 Å². The molecule has 2 heterocycles. The molecule has 1 aliphatic rings. The molecule has 1 saturated heterocycles. The lowest BCUT2D eigenvalue weighted by atomic mass is 9.98. The highest BCUT2D eigenvalue weighted by Crippen LogP contribution is 2.31. The number of nitrogens with zero attached hydrogens (tertiary/aromatic N) is 2. The van der Waals surface area contributed by atoms with Crippen LogP contribution in [0, 0.1) is 12.8 Å². The van der Waals surface area contributed by atoms with Crippen LogP contribution < -0.4 is 5.32 Å². The maximum Gasteiger partial charge on any atom is 0.231 e. The van der Waals surface area contributed by atoms with Crippen LogP contribution in [0.3, 0.4) is 0 Å². The van der Waals surface area contributed by atoms with Crippen molar-refractivity contribution in [2.45, 2.75) is 19.8 Å². The summed E-state index contributed by atoms with van der Waals surface area (Å²) in [6, 6.07) is 6.13. The van der Waals surface area contributed by atoms with Crippen molar-refractivity contribution in [3.63, 3.8) is 0 Å². The number of hydrogen-bond donors (Lipinski definition) is 1. The molecule has 0 radical (unpaired) electrons. The van der Waals surface area contributed by atoms with Crippen LogP contribution in [-0.2, 0) is 0 Å². The molecule has 0 aliphatic carbocycles. The summed E-state index contributed by atoms with van der Waals surface area (Å²) >= 11 is 3.55. The SMILES string of the molecule is Cc1ccc(-c2noc(C3CNCC3C)n2)c(Br)c1. The van der Waals surface area contributed by atoms with Gasteiger partial charge in [0.1, 0.15) is 0 Å². The van der Waals surface area contributed by atoms with E-state index in [4.69, 9.17) is 4.52 Å². The average molecular weight is 322 g/mol. The number of rotatable bonds is 2. The van der Waals surface area contributed by atoms with Crippen LogP contribution >= 0.6 is 15.9 Å². The van der Waals surface area contributed by atoms with Gasteiger partial charge in [-0.1, -0.05) is 34.1 Å². The second kappa shape index (κ2) is 5.06. The van der Waals surface area contributed by atoms with Gasteiger partial charge in [0, 0.05) is 16.6 Å². The quantitative estimate of drug-likeness (QED) is 0.923. The number of nitrogens with one attached hydrogen (secondary N) is 1. The molecule has 2 atom stereocenters. The topological polar surface area (TPSA) is 51.0 Å². The Bertz CT molecular complexity index is 596. The van der Waals surface area contributed by atoms with Crippen molar-refractivity contribution >= 4 is 15.9 Å². The monoisotopic (exact) mass is 321 g/mol. The zero-order valence-corrected chi connectivity index (χ0v) is 12.6. The lowest BCUT2D eigenvalue weighted by molar-refractivity contribution is 0.340. The van der Waals surface area contributed by atoms with Gasteiger partial charge in [0.05, 0.1) is 5.92 Å². The van der Waals surface area contributed by atoms with E-state index in [0.29, 0.717) is 17.7 Å². The van der Waals surface area contributed by atoms with Crippen LogP contribution in [0.4, 0.5) is 0 Å². The van der Waals surface area contributed by atoms with Crippen LogP contribution in [0.25, 0.3) is 11.4 Å². The summed E-state index contributed by atoms with van der Waals surface area (Å²) in [5, 5.41) is 7.46. The van der Waals surface area contributed by atoms with Crippen LogP contribution in [0.15, 0.2) is 27.2 Å². The third-order valence-electron chi connectivity index (χ3n) is 3.64. The summed E-state index contributed by atoms with van der Waals surface area (Å²) in [4.78, 5) is 4.56. The molecule has 1 aliphatic heterocycles. The van der Waals surface area contributed by atoms with Gasteiger partial charge in [0.2, 0.25) is 11.7 Å². The summed E-state index contributed by atoms with van der Waals surface area (Å²) in [6.45, 7) is 6.19. The van der Waals surface area contributed by atoms with E-state index in [0.717, 1.165) is 29.0 Å². The Morgan fingerprint density at radius 1 is 1.37 bits per heavy atom. The van der Waals surface area contributed by atoms with E-state index >= 15 is 0 Å². The lowest BCUT2D eigenvalue weighted by Gasteiger charge is -2.07. The zero-order valence-electron chi connectivity index (χ0n) is 11.0. The molecule has 3 rings (SSSR count). The summed E-state index contributed by atoms with van der Waals surface area (Å²) in [5.74, 6) is 2.25. The van der Waals surface area contributed by atoms with Gasteiger partial charge in [-0.15, -0.1) is 0 Å². The molecule has 1 aromatic carbocycles. The average Bonchev–Trinajstić information content (AvgIpc) is 2.97. The molecular formula is C14H16BrN3O. The van der Waals surface area contributed by atoms with Crippen molar-refractivity contribution in [1.82, 2.24) is 15.5 Å². The molecule has 2 aromatic rings. The molecule has 1 N–H and O–H groups in total. The first-order valence-corrected chi connectivity index (χ1v) is 7.25. The Morgan fingerprint density at radius 3 is 2.89 bits per heavy atom. The molecule has 0 spiro atoms. The van der Waals surface area contributed by atoms with Gasteiger partial charge in [0.15, 0.2) is 0 Å². The first-order chi connectivity index (χ1) is 9.15. The summed E-state index contributed by atoms with van der Waals surface area (Å²) in [6.07, 6.45) is 0. The lowest BCUT2D eigenvalue weighted by Crippen LogP contribution is -2.08. The fraction of sp³-hybridized carbons (Fsp3) is 0.429. The standard InChI is InChI=1S/C14H16BrN3O/c1-8-3-4-10(12(15)5-8)13-17-14(19-18-13)11-7-16-6-9(11)2/h3-5,9,11,16H,6-7H2,1-2H3. The van der Waals surface area contributed by atoms with E-state index in [9.17, 15) is 0 Å². The first kappa shape index (κ1) is 12.8. The van der Waals surface area contributed by atoms with Crippen molar-refractivity contribution in [2.75, 3.05) is 13.1 Å². The maximum absolute atomic E-state index is 5.44. The Morgan fingerprint density at radius 2 is 2.21 bits per heavy atom. The number of hydrogen-bond acceptors (Lipinski definition) is 4. The van der Waals surface area contributed by atoms with Crippen LogP contribution in [0.1, 0.15) is 24.3 Å². The first-order valence-electron chi connectivity index (χ1n) is 6.46. The fourth-order valence-electron chi connectivity index (χ4n) is 2.44. The smallest absolute Gasteiger partial charge is 0.231 e. The van der Waals surface area contributed by atoms with Gasteiger partial charge in [-0.3, -0.25) is 0 Å². The molecule has 0 saturated carbocycles. The number of aromatic nitrogens is 2. The molecule has 2 unspecified atom stereocenters. The summed E-state index contributed by atoms with van der Waals surface area (Å²) < 4.78 is 6.43. The Hall–Kier alpha value is -1.20. The normalized spacial score (nSPS) is 22.9. The highest BCUT2D eigenvalue weighted by molar-refractivity contribution is 9.10. The molecule has 4 nitrogen and oxygen atoms in total. The predicted octanol–water partition coefficient (Wildman–Crippen LogP) is 3.13. The molecular weight excluding hydrogens is 306 g/mol. The van der Waals surface area contributed by atoms with Crippen molar-refractivity contribution in [3.05, 3.63) is 34.1 Å². The van der Waals surface area contributed by atoms with Crippen molar-refractivity contribution in [1.29, 1.82) is 0 Å². The minimum absolute atomic E-state index is 0.325. The van der Waals surface area contributed by atoms with Crippen molar-refractivity contribution in [2.24, 2.45) is 5.92 Å². The zero-order chi connectivity index (χ0) is 13.4. The van der Waals surface area contributed by atoms with Crippen LogP contribution in [0.5, 0.6) is 0 Å². The van der Waals surface area contributed by atoms with Crippen LogP contribution in [-0.4, -0.2) is 23.2 Å².